The van der Waals surface area contributed by atoms with E-state index in [9.17, 15) is 4.39 Å². The van der Waals surface area contributed by atoms with Gasteiger partial charge in [0, 0.05) is 5.54 Å². The Hall–Kier alpha value is -1.75. The first kappa shape index (κ1) is 10.8. The Bertz CT molecular complexity index is 485. The molecule has 0 radical (unpaired) electrons. The summed E-state index contributed by atoms with van der Waals surface area (Å²) in [5, 5.41) is 3.87. The molecule has 1 aromatic heterocycles. The number of nitrogens with zero attached hydrogens (tertiary/aromatic N) is 3. The van der Waals surface area contributed by atoms with E-state index in [2.05, 4.69) is 10.1 Å². The molecule has 0 unspecified atom stereocenters. The van der Waals surface area contributed by atoms with Crippen molar-refractivity contribution in [3.05, 3.63) is 42.2 Å². The summed E-state index contributed by atoms with van der Waals surface area (Å²) in [7, 11) is 0. The molecule has 0 aliphatic rings. The van der Waals surface area contributed by atoms with Gasteiger partial charge in [0.15, 0.2) is 0 Å². The quantitative estimate of drug-likeness (QED) is 0.836. The SMILES string of the molecule is CC(C)(N)c1ccc(-n2cncn2)c(F)c1. The van der Waals surface area contributed by atoms with Crippen molar-refractivity contribution in [2.45, 2.75) is 19.4 Å². The normalized spacial score (nSPS) is 11.8. The van der Waals surface area contributed by atoms with Crippen molar-refractivity contribution in [3.63, 3.8) is 0 Å². The highest BCUT2D eigenvalue weighted by Gasteiger charge is 2.16. The lowest BCUT2D eigenvalue weighted by Gasteiger charge is -2.19. The van der Waals surface area contributed by atoms with Gasteiger partial charge in [-0.15, -0.1) is 0 Å². The molecule has 1 aromatic carbocycles. The van der Waals surface area contributed by atoms with Gasteiger partial charge in [-0.3, -0.25) is 0 Å². The van der Waals surface area contributed by atoms with Gasteiger partial charge in [-0.2, -0.15) is 5.10 Å². The fourth-order valence-corrected chi connectivity index (χ4v) is 1.43. The smallest absolute Gasteiger partial charge is 0.149 e. The monoisotopic (exact) mass is 220 g/mol. The summed E-state index contributed by atoms with van der Waals surface area (Å²) < 4.78 is 15.2. The molecule has 1 heterocycles. The standard InChI is InChI=1S/C11H13FN4/c1-11(2,13)8-3-4-10(9(12)5-8)16-7-14-6-15-16/h3-7H,13H2,1-2H3. The van der Waals surface area contributed by atoms with Crippen LogP contribution in [-0.4, -0.2) is 14.8 Å². The van der Waals surface area contributed by atoms with Crippen LogP contribution in [0.5, 0.6) is 0 Å². The molecule has 0 amide bonds. The van der Waals surface area contributed by atoms with Crippen LogP contribution in [0.25, 0.3) is 5.69 Å². The summed E-state index contributed by atoms with van der Waals surface area (Å²) in [5.74, 6) is -0.360. The van der Waals surface area contributed by atoms with Crippen molar-refractivity contribution >= 4 is 0 Å². The molecule has 84 valence electrons. The fraction of sp³-hybridized carbons (Fsp3) is 0.273. The summed E-state index contributed by atoms with van der Waals surface area (Å²) >= 11 is 0. The second-order valence-corrected chi connectivity index (χ2v) is 4.23. The molecule has 0 aliphatic heterocycles. The molecule has 0 aliphatic carbocycles. The van der Waals surface area contributed by atoms with E-state index in [1.165, 1.54) is 23.4 Å². The van der Waals surface area contributed by atoms with Gasteiger partial charge in [-0.05, 0) is 31.5 Å². The Morgan fingerprint density at radius 3 is 2.62 bits per heavy atom. The van der Waals surface area contributed by atoms with Gasteiger partial charge < -0.3 is 5.73 Å². The van der Waals surface area contributed by atoms with E-state index in [1.54, 1.807) is 12.1 Å². The molecule has 0 saturated heterocycles. The highest BCUT2D eigenvalue weighted by atomic mass is 19.1. The van der Waals surface area contributed by atoms with Crippen molar-refractivity contribution in [3.8, 4) is 5.69 Å². The maximum atomic E-state index is 13.8. The third-order valence-corrected chi connectivity index (χ3v) is 2.36. The zero-order valence-electron chi connectivity index (χ0n) is 9.18. The number of hydrogen-bond acceptors (Lipinski definition) is 3. The minimum atomic E-state index is -0.554. The molecule has 0 fully saturated rings. The lowest BCUT2D eigenvalue weighted by molar-refractivity contribution is 0.541. The molecule has 16 heavy (non-hydrogen) atoms. The Morgan fingerprint density at radius 1 is 1.38 bits per heavy atom. The predicted molar refractivity (Wildman–Crippen MR) is 58.5 cm³/mol. The average Bonchev–Trinajstić information content (AvgIpc) is 2.69. The third kappa shape index (κ3) is 1.94. The number of halogens is 1. The van der Waals surface area contributed by atoms with Crippen molar-refractivity contribution < 1.29 is 4.39 Å². The van der Waals surface area contributed by atoms with Crippen LogP contribution in [0.4, 0.5) is 4.39 Å². The van der Waals surface area contributed by atoms with E-state index in [0.717, 1.165) is 5.56 Å². The minimum absolute atomic E-state index is 0.360. The summed E-state index contributed by atoms with van der Waals surface area (Å²) in [6.45, 7) is 3.66. The molecule has 0 bridgehead atoms. The summed E-state index contributed by atoms with van der Waals surface area (Å²) in [6.07, 6.45) is 2.81. The molecule has 0 saturated carbocycles. The first-order valence-corrected chi connectivity index (χ1v) is 4.92. The lowest BCUT2D eigenvalue weighted by atomic mass is 9.95. The lowest BCUT2D eigenvalue weighted by Crippen LogP contribution is -2.28. The molecule has 0 atom stereocenters. The summed E-state index contributed by atoms with van der Waals surface area (Å²) in [6, 6.07) is 4.87. The van der Waals surface area contributed by atoms with Gasteiger partial charge in [0.2, 0.25) is 0 Å². The summed E-state index contributed by atoms with van der Waals surface area (Å²) in [5.41, 5.74) is 6.45. The van der Waals surface area contributed by atoms with Crippen LogP contribution in [-0.2, 0) is 5.54 Å². The highest BCUT2D eigenvalue weighted by Crippen LogP contribution is 2.21. The van der Waals surface area contributed by atoms with Crippen molar-refractivity contribution in [1.29, 1.82) is 0 Å². The maximum Gasteiger partial charge on any atom is 0.149 e. The van der Waals surface area contributed by atoms with Gasteiger partial charge in [-0.1, -0.05) is 6.07 Å². The molecule has 2 rings (SSSR count). The van der Waals surface area contributed by atoms with Gasteiger partial charge in [0.25, 0.3) is 0 Å². The van der Waals surface area contributed by atoms with Crippen LogP contribution in [0.1, 0.15) is 19.4 Å². The van der Waals surface area contributed by atoms with Crippen molar-refractivity contribution in [2.75, 3.05) is 0 Å². The Morgan fingerprint density at radius 2 is 2.12 bits per heavy atom. The molecule has 2 N–H and O–H groups in total. The van der Waals surface area contributed by atoms with E-state index < -0.39 is 5.54 Å². The minimum Gasteiger partial charge on any atom is -0.322 e. The number of nitrogens with two attached hydrogens (primary N) is 1. The summed E-state index contributed by atoms with van der Waals surface area (Å²) in [4.78, 5) is 3.77. The molecule has 5 heteroatoms. The number of rotatable bonds is 2. The van der Waals surface area contributed by atoms with E-state index in [1.807, 2.05) is 13.8 Å². The van der Waals surface area contributed by atoms with Crippen LogP contribution in [0.2, 0.25) is 0 Å². The zero-order chi connectivity index (χ0) is 11.8. The van der Waals surface area contributed by atoms with Crippen molar-refractivity contribution in [1.82, 2.24) is 14.8 Å². The van der Waals surface area contributed by atoms with Crippen LogP contribution in [0, 0.1) is 5.82 Å². The van der Waals surface area contributed by atoms with E-state index >= 15 is 0 Å². The van der Waals surface area contributed by atoms with Crippen LogP contribution in [0.15, 0.2) is 30.9 Å². The van der Waals surface area contributed by atoms with Gasteiger partial charge in [0.05, 0.1) is 0 Å². The topological polar surface area (TPSA) is 56.7 Å². The number of benzene rings is 1. The van der Waals surface area contributed by atoms with Crippen LogP contribution in [0.3, 0.4) is 0 Å². The Labute approximate surface area is 92.9 Å². The maximum absolute atomic E-state index is 13.8. The van der Waals surface area contributed by atoms with E-state index in [0.29, 0.717) is 5.69 Å². The second-order valence-electron chi connectivity index (χ2n) is 4.23. The zero-order valence-corrected chi connectivity index (χ0v) is 9.18. The second kappa shape index (κ2) is 3.68. The van der Waals surface area contributed by atoms with Crippen LogP contribution < -0.4 is 5.73 Å². The first-order chi connectivity index (χ1) is 7.48. The fourth-order valence-electron chi connectivity index (χ4n) is 1.43. The molecule has 4 nitrogen and oxygen atoms in total. The van der Waals surface area contributed by atoms with Gasteiger partial charge in [-0.25, -0.2) is 14.1 Å². The Kier molecular flexibility index (Phi) is 2.47. The number of hydrogen-bond donors (Lipinski definition) is 1. The van der Waals surface area contributed by atoms with Gasteiger partial charge in [0.1, 0.15) is 24.2 Å². The largest absolute Gasteiger partial charge is 0.322 e. The van der Waals surface area contributed by atoms with Crippen LogP contribution >= 0.6 is 0 Å². The Balaban J connectivity index is 2.46. The van der Waals surface area contributed by atoms with E-state index in [4.69, 9.17) is 5.73 Å². The highest BCUT2D eigenvalue weighted by molar-refractivity contribution is 5.37. The third-order valence-electron chi connectivity index (χ3n) is 2.36. The molecular formula is C11H13FN4. The average molecular weight is 220 g/mol. The van der Waals surface area contributed by atoms with E-state index in [-0.39, 0.29) is 5.82 Å². The first-order valence-electron chi connectivity index (χ1n) is 4.92. The van der Waals surface area contributed by atoms with Crippen molar-refractivity contribution in [2.24, 2.45) is 5.73 Å². The molecule has 0 spiro atoms. The predicted octanol–water partition coefficient (Wildman–Crippen LogP) is 1.60. The molecule has 2 aromatic rings. The number of aromatic nitrogens is 3. The van der Waals surface area contributed by atoms with Gasteiger partial charge >= 0.3 is 0 Å². The molecular weight excluding hydrogens is 207 g/mol.